The Labute approximate surface area is 175 Å². The van der Waals surface area contributed by atoms with Crippen molar-refractivity contribution in [1.29, 1.82) is 0 Å². The van der Waals surface area contributed by atoms with Crippen molar-refractivity contribution in [2.45, 2.75) is 45.6 Å². The molecule has 1 saturated heterocycles. The molecule has 9 heteroatoms. The number of nitrogens with one attached hydrogen (secondary N) is 1. The molecule has 2 aliphatic rings. The minimum Gasteiger partial charge on any atom is -0.462 e. The molecular weight excluding hydrogens is 386 g/mol. The minimum atomic E-state index is -0.418. The van der Waals surface area contributed by atoms with Gasteiger partial charge in [-0.25, -0.2) is 4.79 Å². The number of aryl methyl sites for hydroxylation is 2. The number of rotatable bonds is 6. The number of carbonyl (C=O) groups excluding carboxylic acids is 2. The Morgan fingerprint density at radius 1 is 1.33 bits per heavy atom. The number of ether oxygens (including phenoxy) is 2. The van der Waals surface area contributed by atoms with Crippen LogP contribution in [0.1, 0.15) is 58.3 Å². The van der Waals surface area contributed by atoms with Crippen molar-refractivity contribution >= 4 is 11.9 Å². The summed E-state index contributed by atoms with van der Waals surface area (Å²) in [5.41, 5.74) is 2.94. The summed E-state index contributed by atoms with van der Waals surface area (Å²) in [5.74, 6) is -0.452. The van der Waals surface area contributed by atoms with Crippen LogP contribution in [0.3, 0.4) is 0 Å². The third kappa shape index (κ3) is 4.21. The van der Waals surface area contributed by atoms with Crippen LogP contribution >= 0.6 is 0 Å². The van der Waals surface area contributed by atoms with Crippen molar-refractivity contribution in [3.8, 4) is 0 Å². The van der Waals surface area contributed by atoms with Gasteiger partial charge in [0.1, 0.15) is 0 Å². The van der Waals surface area contributed by atoms with Gasteiger partial charge in [-0.3, -0.25) is 9.48 Å². The molecule has 0 unspecified atom stereocenters. The van der Waals surface area contributed by atoms with Gasteiger partial charge >= 0.3 is 5.97 Å². The van der Waals surface area contributed by atoms with Crippen LogP contribution < -0.4 is 5.32 Å². The van der Waals surface area contributed by atoms with Crippen molar-refractivity contribution in [3.63, 3.8) is 0 Å². The van der Waals surface area contributed by atoms with Crippen LogP contribution in [0.15, 0.2) is 18.5 Å². The SMILES string of the molecule is CCc1nn(CCCOC(=O)c2ccnnc2)c2c1C(=O)NCC1(CCOCC1)C2. The second kappa shape index (κ2) is 8.91. The largest absolute Gasteiger partial charge is 0.462 e. The molecule has 2 aliphatic heterocycles. The van der Waals surface area contributed by atoms with E-state index in [1.807, 2.05) is 11.6 Å². The second-order valence-electron chi connectivity index (χ2n) is 7.94. The summed E-state index contributed by atoms with van der Waals surface area (Å²) in [6.45, 7) is 4.98. The van der Waals surface area contributed by atoms with Gasteiger partial charge in [0, 0.05) is 32.7 Å². The fourth-order valence-corrected chi connectivity index (χ4v) is 4.23. The summed E-state index contributed by atoms with van der Waals surface area (Å²) in [6.07, 6.45) is 6.81. The van der Waals surface area contributed by atoms with E-state index in [9.17, 15) is 9.59 Å². The zero-order valence-corrected chi connectivity index (χ0v) is 17.2. The Bertz CT molecular complexity index is 906. The van der Waals surface area contributed by atoms with Crippen molar-refractivity contribution in [3.05, 3.63) is 41.0 Å². The Balaban J connectivity index is 1.46. The van der Waals surface area contributed by atoms with Crippen LogP contribution in [0, 0.1) is 5.41 Å². The molecule has 2 aromatic rings. The van der Waals surface area contributed by atoms with E-state index in [0.717, 1.165) is 49.4 Å². The summed E-state index contributed by atoms with van der Waals surface area (Å²) >= 11 is 0. The lowest BCUT2D eigenvalue weighted by molar-refractivity contribution is 0.0152. The molecular formula is C21H27N5O4. The van der Waals surface area contributed by atoms with Gasteiger partial charge in [0.05, 0.1) is 41.5 Å². The average Bonchev–Trinajstić information content (AvgIpc) is 3.06. The topological polar surface area (TPSA) is 108 Å². The quantitative estimate of drug-likeness (QED) is 0.565. The minimum absolute atomic E-state index is 0.0166. The normalized spacial score (nSPS) is 17.8. The Morgan fingerprint density at radius 3 is 2.90 bits per heavy atom. The molecule has 0 radical (unpaired) electrons. The first-order valence-corrected chi connectivity index (χ1v) is 10.5. The highest BCUT2D eigenvalue weighted by molar-refractivity contribution is 5.97. The molecule has 4 rings (SSSR count). The molecule has 0 saturated carbocycles. The number of hydrogen-bond acceptors (Lipinski definition) is 7. The maximum atomic E-state index is 12.8. The van der Waals surface area contributed by atoms with Crippen molar-refractivity contribution in [2.24, 2.45) is 5.41 Å². The van der Waals surface area contributed by atoms with Gasteiger partial charge in [0.2, 0.25) is 0 Å². The third-order valence-corrected chi connectivity index (χ3v) is 5.98. The lowest BCUT2D eigenvalue weighted by Crippen LogP contribution is -2.40. The Kier molecular flexibility index (Phi) is 6.08. The second-order valence-corrected chi connectivity index (χ2v) is 7.94. The summed E-state index contributed by atoms with van der Waals surface area (Å²) in [4.78, 5) is 24.9. The first-order valence-electron chi connectivity index (χ1n) is 10.5. The predicted octanol–water partition coefficient (Wildman–Crippen LogP) is 1.57. The van der Waals surface area contributed by atoms with E-state index in [4.69, 9.17) is 14.6 Å². The molecule has 0 atom stereocenters. The van der Waals surface area contributed by atoms with Gasteiger partial charge in [-0.1, -0.05) is 6.92 Å². The first-order chi connectivity index (χ1) is 14.6. The number of aromatic nitrogens is 4. The lowest BCUT2D eigenvalue weighted by atomic mass is 9.76. The highest BCUT2D eigenvalue weighted by Crippen LogP contribution is 2.37. The Hall–Kier alpha value is -2.81. The van der Waals surface area contributed by atoms with Crippen LogP contribution in [-0.2, 0) is 28.9 Å². The summed E-state index contributed by atoms with van der Waals surface area (Å²) in [6, 6.07) is 1.57. The highest BCUT2D eigenvalue weighted by Gasteiger charge is 2.39. The highest BCUT2D eigenvalue weighted by atomic mass is 16.5. The fourth-order valence-electron chi connectivity index (χ4n) is 4.23. The van der Waals surface area contributed by atoms with Gasteiger partial charge in [-0.05, 0) is 37.2 Å². The smallest absolute Gasteiger partial charge is 0.339 e. The van der Waals surface area contributed by atoms with E-state index in [2.05, 4.69) is 15.5 Å². The van der Waals surface area contributed by atoms with Gasteiger partial charge in [0.15, 0.2) is 0 Å². The van der Waals surface area contributed by atoms with Crippen LogP contribution in [0.2, 0.25) is 0 Å². The monoisotopic (exact) mass is 413 g/mol. The number of amides is 1. The molecule has 9 nitrogen and oxygen atoms in total. The molecule has 1 amide bonds. The van der Waals surface area contributed by atoms with E-state index < -0.39 is 5.97 Å². The Morgan fingerprint density at radius 2 is 2.17 bits per heavy atom. The van der Waals surface area contributed by atoms with Crippen LogP contribution in [-0.4, -0.2) is 58.2 Å². The number of hydrogen-bond donors (Lipinski definition) is 1. The van der Waals surface area contributed by atoms with E-state index >= 15 is 0 Å². The van der Waals surface area contributed by atoms with E-state index in [1.54, 1.807) is 6.07 Å². The molecule has 1 fully saturated rings. The standard InChI is InChI=1S/C21H27N5O4/c1-2-16-18-17(12-21(14-22-19(18)27)5-10-29-11-6-21)26(25-16)8-3-9-30-20(28)15-4-7-23-24-13-15/h4,7,13H,2-3,5-6,8-12,14H2,1H3,(H,22,27). The maximum absolute atomic E-state index is 12.8. The zero-order chi connectivity index (χ0) is 21.0. The molecule has 0 aliphatic carbocycles. The first kappa shape index (κ1) is 20.5. The average molecular weight is 413 g/mol. The fraction of sp³-hybridized carbons (Fsp3) is 0.571. The predicted molar refractivity (Wildman–Crippen MR) is 107 cm³/mol. The van der Waals surface area contributed by atoms with Gasteiger partial charge in [-0.2, -0.15) is 15.3 Å². The van der Waals surface area contributed by atoms with E-state index in [0.29, 0.717) is 31.5 Å². The number of esters is 1. The lowest BCUT2D eigenvalue weighted by Gasteiger charge is -2.36. The van der Waals surface area contributed by atoms with Crippen LogP contribution in [0.25, 0.3) is 0 Å². The molecule has 2 aromatic heterocycles. The molecule has 1 spiro atoms. The van der Waals surface area contributed by atoms with Crippen LogP contribution in [0.4, 0.5) is 0 Å². The molecule has 160 valence electrons. The number of carbonyl (C=O) groups is 2. The molecule has 4 heterocycles. The summed E-state index contributed by atoms with van der Waals surface area (Å²) in [5, 5.41) is 15.2. The van der Waals surface area contributed by atoms with Gasteiger partial charge in [-0.15, -0.1) is 0 Å². The summed E-state index contributed by atoms with van der Waals surface area (Å²) in [7, 11) is 0. The number of fused-ring (bicyclic) bond motifs is 1. The molecule has 30 heavy (non-hydrogen) atoms. The van der Waals surface area contributed by atoms with Crippen LogP contribution in [0.5, 0.6) is 0 Å². The van der Waals surface area contributed by atoms with E-state index in [-0.39, 0.29) is 17.9 Å². The zero-order valence-electron chi connectivity index (χ0n) is 17.2. The maximum Gasteiger partial charge on any atom is 0.339 e. The van der Waals surface area contributed by atoms with Gasteiger partial charge < -0.3 is 14.8 Å². The number of nitrogens with zero attached hydrogens (tertiary/aromatic N) is 4. The van der Waals surface area contributed by atoms with Crippen molar-refractivity contribution in [2.75, 3.05) is 26.4 Å². The van der Waals surface area contributed by atoms with Gasteiger partial charge in [0.25, 0.3) is 5.91 Å². The van der Waals surface area contributed by atoms with E-state index in [1.165, 1.54) is 12.4 Å². The molecule has 1 N–H and O–H groups in total. The summed E-state index contributed by atoms with van der Waals surface area (Å²) < 4.78 is 12.8. The van der Waals surface area contributed by atoms with Crippen molar-refractivity contribution < 1.29 is 19.1 Å². The molecule has 0 bridgehead atoms. The third-order valence-electron chi connectivity index (χ3n) is 5.98. The van der Waals surface area contributed by atoms with Crippen molar-refractivity contribution in [1.82, 2.24) is 25.3 Å². The molecule has 0 aromatic carbocycles.